The Kier molecular flexibility index (Phi) is 7.93. The fourth-order valence-corrected chi connectivity index (χ4v) is 4.32. The number of nitrogens with zero attached hydrogens (tertiary/aromatic N) is 1. The number of amides is 1. The Labute approximate surface area is 195 Å². The lowest BCUT2D eigenvalue weighted by atomic mass is 9.96. The van der Waals surface area contributed by atoms with Crippen molar-refractivity contribution in [3.05, 3.63) is 76.6 Å². The number of benzene rings is 2. The minimum atomic E-state index is -0.463. The zero-order valence-electron chi connectivity index (χ0n) is 19.8. The summed E-state index contributed by atoms with van der Waals surface area (Å²) in [5.74, 6) is -0.0606. The molecule has 0 saturated carbocycles. The predicted molar refractivity (Wildman–Crippen MR) is 130 cm³/mol. The Balaban J connectivity index is 2.19. The van der Waals surface area contributed by atoms with Crippen LogP contribution in [0.2, 0.25) is 0 Å². The van der Waals surface area contributed by atoms with Crippen LogP contribution in [-0.2, 0) is 17.7 Å². The zero-order chi connectivity index (χ0) is 24.0. The third kappa shape index (κ3) is 5.11. The van der Waals surface area contributed by atoms with Gasteiger partial charge in [-0.1, -0.05) is 50.1 Å². The highest BCUT2D eigenvalue weighted by atomic mass is 16.5. The molecule has 0 spiro atoms. The van der Waals surface area contributed by atoms with Gasteiger partial charge in [0.05, 0.1) is 31.9 Å². The van der Waals surface area contributed by atoms with E-state index in [0.29, 0.717) is 17.7 Å². The lowest BCUT2D eigenvalue weighted by Crippen LogP contribution is -2.14. The number of para-hydroxylation sites is 1. The van der Waals surface area contributed by atoms with Gasteiger partial charge >= 0.3 is 5.97 Å². The summed E-state index contributed by atoms with van der Waals surface area (Å²) in [6.07, 6.45) is 3.99. The third-order valence-corrected chi connectivity index (χ3v) is 6.01. The second-order valence-corrected chi connectivity index (χ2v) is 8.07. The number of hydrogen-bond donors (Lipinski definition) is 1. The van der Waals surface area contributed by atoms with Crippen LogP contribution in [0.4, 0.5) is 0 Å². The van der Waals surface area contributed by atoms with E-state index in [1.54, 1.807) is 19.2 Å². The Morgan fingerprint density at radius 3 is 2.30 bits per heavy atom. The highest BCUT2D eigenvalue weighted by Crippen LogP contribution is 2.35. The molecule has 33 heavy (non-hydrogen) atoms. The van der Waals surface area contributed by atoms with Gasteiger partial charge in [-0.2, -0.15) is 0 Å². The molecule has 0 aliphatic carbocycles. The molecule has 2 N–H and O–H groups in total. The quantitative estimate of drug-likeness (QED) is 0.344. The van der Waals surface area contributed by atoms with Crippen molar-refractivity contribution in [3.63, 3.8) is 0 Å². The van der Waals surface area contributed by atoms with Crippen molar-refractivity contribution in [3.8, 4) is 16.9 Å². The molecule has 0 unspecified atom stereocenters. The Hall–Kier alpha value is -3.54. The van der Waals surface area contributed by atoms with Crippen molar-refractivity contribution in [2.45, 2.75) is 46.1 Å². The fraction of sp³-hybridized carbons (Fsp3) is 0.333. The van der Waals surface area contributed by atoms with Gasteiger partial charge in [0, 0.05) is 22.5 Å². The summed E-state index contributed by atoms with van der Waals surface area (Å²) in [7, 11) is 3.02. The molecule has 1 heterocycles. The first-order chi connectivity index (χ1) is 15.9. The van der Waals surface area contributed by atoms with Crippen LogP contribution in [0.1, 0.15) is 63.9 Å². The maximum absolute atomic E-state index is 12.6. The van der Waals surface area contributed by atoms with E-state index in [-0.39, 0.29) is 0 Å². The van der Waals surface area contributed by atoms with Crippen LogP contribution in [0.3, 0.4) is 0 Å². The minimum Gasteiger partial charge on any atom is -0.496 e. The molecule has 3 rings (SSSR count). The molecule has 6 nitrogen and oxygen atoms in total. The first-order valence-electron chi connectivity index (χ1n) is 11.2. The number of ether oxygens (including phenoxy) is 2. The van der Waals surface area contributed by atoms with E-state index < -0.39 is 11.9 Å². The molecule has 1 aromatic heterocycles. The topological polar surface area (TPSA) is 83.5 Å². The van der Waals surface area contributed by atoms with Gasteiger partial charge in [0.2, 0.25) is 0 Å². The van der Waals surface area contributed by atoms with Gasteiger partial charge in [0.25, 0.3) is 5.91 Å². The molecule has 2 aromatic carbocycles. The van der Waals surface area contributed by atoms with Crippen molar-refractivity contribution >= 4 is 11.9 Å². The number of hydrogen-bond acceptors (Lipinski definition) is 4. The Bertz CT molecular complexity index is 1130. The maximum atomic E-state index is 12.6. The molecule has 0 radical (unpaired) electrons. The van der Waals surface area contributed by atoms with Crippen LogP contribution in [0, 0.1) is 6.92 Å². The van der Waals surface area contributed by atoms with Crippen LogP contribution in [-0.4, -0.2) is 30.7 Å². The van der Waals surface area contributed by atoms with Gasteiger partial charge in [0.1, 0.15) is 5.75 Å². The zero-order valence-corrected chi connectivity index (χ0v) is 19.8. The van der Waals surface area contributed by atoms with E-state index in [9.17, 15) is 9.59 Å². The number of nitrogens with two attached hydrogens (primary N) is 1. The second-order valence-electron chi connectivity index (χ2n) is 8.07. The molecule has 0 aliphatic heterocycles. The summed E-state index contributed by atoms with van der Waals surface area (Å²) in [6.45, 7) is 4.67. The van der Waals surface area contributed by atoms with Crippen LogP contribution in [0.5, 0.6) is 5.75 Å². The molecule has 0 atom stereocenters. The van der Waals surface area contributed by atoms with Crippen LogP contribution in [0.15, 0.2) is 48.5 Å². The summed E-state index contributed by atoms with van der Waals surface area (Å²) >= 11 is 0. The SMILES string of the molecule is CCCCCc1c(-c2ccc(C(=O)OC)cc2)c(C(N)=O)c(C)n1Cc1ccccc1OC. The van der Waals surface area contributed by atoms with Crippen molar-refractivity contribution in [1.82, 2.24) is 4.57 Å². The van der Waals surface area contributed by atoms with Gasteiger partial charge in [-0.25, -0.2) is 4.79 Å². The summed E-state index contributed by atoms with van der Waals surface area (Å²) < 4.78 is 12.6. The van der Waals surface area contributed by atoms with Gasteiger partial charge in [-0.15, -0.1) is 0 Å². The number of esters is 1. The van der Waals surface area contributed by atoms with E-state index in [1.165, 1.54) is 7.11 Å². The number of primary amides is 1. The lowest BCUT2D eigenvalue weighted by molar-refractivity contribution is 0.0600. The molecule has 0 saturated heterocycles. The van der Waals surface area contributed by atoms with E-state index in [1.807, 2.05) is 43.3 Å². The number of unbranched alkanes of at least 4 members (excludes halogenated alkanes) is 2. The molecule has 174 valence electrons. The summed E-state index contributed by atoms with van der Waals surface area (Å²) in [5, 5.41) is 0. The molecule has 3 aromatic rings. The van der Waals surface area contributed by atoms with Crippen LogP contribution < -0.4 is 10.5 Å². The highest BCUT2D eigenvalue weighted by molar-refractivity contribution is 6.02. The molecule has 0 aliphatic rings. The average Bonchev–Trinajstić information content (AvgIpc) is 3.10. The highest BCUT2D eigenvalue weighted by Gasteiger charge is 2.25. The fourth-order valence-electron chi connectivity index (χ4n) is 4.32. The molecule has 1 amide bonds. The van der Waals surface area contributed by atoms with Crippen molar-refractivity contribution < 1.29 is 19.1 Å². The van der Waals surface area contributed by atoms with Gasteiger partial charge in [-0.3, -0.25) is 4.79 Å². The van der Waals surface area contributed by atoms with Crippen molar-refractivity contribution in [2.24, 2.45) is 5.73 Å². The largest absolute Gasteiger partial charge is 0.496 e. The maximum Gasteiger partial charge on any atom is 0.337 e. The van der Waals surface area contributed by atoms with Crippen LogP contribution in [0.25, 0.3) is 11.1 Å². The molecule has 6 heteroatoms. The number of carbonyl (C=O) groups excluding carboxylic acids is 2. The smallest absolute Gasteiger partial charge is 0.337 e. The molecular formula is C27H32N2O4. The predicted octanol–water partition coefficient (Wildman–Crippen LogP) is 5.14. The van der Waals surface area contributed by atoms with E-state index in [4.69, 9.17) is 15.2 Å². The average molecular weight is 449 g/mol. The van der Waals surface area contributed by atoms with Gasteiger partial charge < -0.3 is 19.8 Å². The third-order valence-electron chi connectivity index (χ3n) is 6.01. The van der Waals surface area contributed by atoms with Gasteiger partial charge in [-0.05, 0) is 43.5 Å². The standard InChI is InChI=1S/C27H32N2O4/c1-5-6-7-11-22-25(19-13-15-20(16-14-19)27(31)33-4)24(26(28)30)18(2)29(22)17-21-10-8-9-12-23(21)32-3/h8-10,12-16H,5-7,11,17H2,1-4H3,(H2,28,30). The first kappa shape index (κ1) is 24.1. The van der Waals surface area contributed by atoms with E-state index >= 15 is 0 Å². The summed E-state index contributed by atoms with van der Waals surface area (Å²) in [5.41, 5.74) is 11.5. The molecule has 0 bridgehead atoms. The number of rotatable bonds is 10. The van der Waals surface area contributed by atoms with Crippen LogP contribution >= 0.6 is 0 Å². The van der Waals surface area contributed by atoms with E-state index in [0.717, 1.165) is 59.5 Å². The van der Waals surface area contributed by atoms with Crippen molar-refractivity contribution in [2.75, 3.05) is 14.2 Å². The lowest BCUT2D eigenvalue weighted by Gasteiger charge is -2.15. The van der Waals surface area contributed by atoms with E-state index in [2.05, 4.69) is 11.5 Å². The monoisotopic (exact) mass is 448 g/mol. The normalized spacial score (nSPS) is 10.8. The number of carbonyl (C=O) groups is 2. The number of methoxy groups -OCH3 is 2. The summed E-state index contributed by atoms with van der Waals surface area (Å²) in [4.78, 5) is 24.5. The van der Waals surface area contributed by atoms with Crippen molar-refractivity contribution in [1.29, 1.82) is 0 Å². The summed E-state index contributed by atoms with van der Waals surface area (Å²) in [6, 6.07) is 15.0. The Morgan fingerprint density at radius 1 is 1.00 bits per heavy atom. The second kappa shape index (κ2) is 10.9. The molecular weight excluding hydrogens is 416 g/mol. The van der Waals surface area contributed by atoms with Gasteiger partial charge in [0.15, 0.2) is 0 Å². The minimum absolute atomic E-state index is 0.398. The first-order valence-corrected chi connectivity index (χ1v) is 11.2. The Morgan fingerprint density at radius 2 is 1.70 bits per heavy atom. The number of aromatic nitrogens is 1. The molecule has 0 fully saturated rings.